The van der Waals surface area contributed by atoms with Crippen LogP contribution in [0.4, 0.5) is 11.4 Å². The van der Waals surface area contributed by atoms with Crippen molar-refractivity contribution in [2.75, 3.05) is 36.5 Å². The molecule has 116 valence electrons. The van der Waals surface area contributed by atoms with Crippen molar-refractivity contribution in [1.82, 2.24) is 0 Å². The largest absolute Gasteiger partial charge is 0.378 e. The van der Waals surface area contributed by atoms with Gasteiger partial charge < -0.3 is 20.7 Å². The van der Waals surface area contributed by atoms with Crippen molar-refractivity contribution in [3.8, 4) is 0 Å². The van der Waals surface area contributed by atoms with Gasteiger partial charge >= 0.3 is 0 Å². The lowest BCUT2D eigenvalue weighted by Gasteiger charge is -2.30. The van der Waals surface area contributed by atoms with Crippen LogP contribution < -0.4 is 16.0 Å². The Hall–Kier alpha value is -1.59. The first-order chi connectivity index (χ1) is 10.2. The van der Waals surface area contributed by atoms with Crippen LogP contribution in [0, 0.1) is 0 Å². The van der Waals surface area contributed by atoms with Gasteiger partial charge in [-0.2, -0.15) is 0 Å². The van der Waals surface area contributed by atoms with E-state index in [1.165, 1.54) is 0 Å². The van der Waals surface area contributed by atoms with Crippen molar-refractivity contribution in [1.29, 1.82) is 0 Å². The number of anilines is 2. The Bertz CT molecular complexity index is 459. The van der Waals surface area contributed by atoms with Gasteiger partial charge in [0.2, 0.25) is 5.91 Å². The molecule has 1 heterocycles. The molecule has 0 saturated carbocycles. The minimum absolute atomic E-state index is 0.107. The smallest absolute Gasteiger partial charge is 0.241 e. The number of carbonyl (C=O) groups excluding carboxylic acids is 1. The second-order valence-electron chi connectivity index (χ2n) is 5.35. The normalized spacial score (nSPS) is 16.6. The molecule has 1 saturated heterocycles. The maximum atomic E-state index is 12.2. The molecule has 1 amide bonds. The second-order valence-corrected chi connectivity index (χ2v) is 5.35. The number of rotatable bonds is 6. The van der Waals surface area contributed by atoms with Crippen LogP contribution in [0.2, 0.25) is 0 Å². The van der Waals surface area contributed by atoms with Crippen LogP contribution in [-0.2, 0) is 9.53 Å². The molecule has 21 heavy (non-hydrogen) atoms. The Morgan fingerprint density at radius 3 is 2.81 bits per heavy atom. The first kappa shape index (κ1) is 15.8. The van der Waals surface area contributed by atoms with E-state index in [1.807, 2.05) is 24.3 Å². The number of unbranched alkanes of at least 4 members (excludes halogenated alkanes) is 1. The van der Waals surface area contributed by atoms with Crippen molar-refractivity contribution in [2.24, 2.45) is 5.73 Å². The van der Waals surface area contributed by atoms with Gasteiger partial charge in [-0.05, 0) is 18.6 Å². The van der Waals surface area contributed by atoms with E-state index in [-0.39, 0.29) is 5.91 Å². The third-order valence-corrected chi connectivity index (χ3v) is 3.72. The van der Waals surface area contributed by atoms with Crippen molar-refractivity contribution < 1.29 is 9.53 Å². The lowest BCUT2D eigenvalue weighted by Crippen LogP contribution is -2.38. The van der Waals surface area contributed by atoms with Gasteiger partial charge in [0.15, 0.2) is 0 Å². The fourth-order valence-electron chi connectivity index (χ4n) is 2.44. The molecule has 0 radical (unpaired) electrons. The maximum Gasteiger partial charge on any atom is 0.241 e. The van der Waals surface area contributed by atoms with Crippen LogP contribution >= 0.6 is 0 Å². The molecule has 1 atom stereocenters. The first-order valence-electron chi connectivity index (χ1n) is 7.70. The van der Waals surface area contributed by atoms with Gasteiger partial charge in [-0.25, -0.2) is 0 Å². The molecule has 2 rings (SSSR count). The van der Waals surface area contributed by atoms with E-state index in [9.17, 15) is 4.79 Å². The molecule has 1 aromatic carbocycles. The Kier molecular flexibility index (Phi) is 6.02. The van der Waals surface area contributed by atoms with Crippen molar-refractivity contribution in [3.05, 3.63) is 24.3 Å². The van der Waals surface area contributed by atoms with Crippen LogP contribution in [0.25, 0.3) is 0 Å². The predicted octanol–water partition coefficient (Wildman–Crippen LogP) is 1.98. The van der Waals surface area contributed by atoms with Gasteiger partial charge in [-0.3, -0.25) is 4.79 Å². The number of carbonyl (C=O) groups is 1. The van der Waals surface area contributed by atoms with E-state index in [2.05, 4.69) is 17.1 Å². The summed E-state index contributed by atoms with van der Waals surface area (Å²) in [6.07, 6.45) is 2.74. The third kappa shape index (κ3) is 4.44. The van der Waals surface area contributed by atoms with Gasteiger partial charge in [0.05, 0.1) is 30.6 Å². The summed E-state index contributed by atoms with van der Waals surface area (Å²) in [4.78, 5) is 14.4. The highest BCUT2D eigenvalue weighted by molar-refractivity contribution is 5.97. The Labute approximate surface area is 126 Å². The number of morpholine rings is 1. The molecule has 5 nitrogen and oxygen atoms in total. The summed E-state index contributed by atoms with van der Waals surface area (Å²) in [6.45, 7) is 5.22. The molecule has 1 aromatic rings. The van der Waals surface area contributed by atoms with Gasteiger partial charge in [-0.15, -0.1) is 0 Å². The third-order valence-electron chi connectivity index (χ3n) is 3.72. The Morgan fingerprint density at radius 2 is 2.10 bits per heavy atom. The highest BCUT2D eigenvalue weighted by atomic mass is 16.5. The number of ether oxygens (including phenoxy) is 1. The molecule has 1 aliphatic rings. The molecule has 0 spiro atoms. The molecule has 3 N–H and O–H groups in total. The molecule has 0 bridgehead atoms. The average molecular weight is 291 g/mol. The number of hydrogen-bond acceptors (Lipinski definition) is 4. The number of nitrogens with zero attached hydrogens (tertiary/aromatic N) is 1. The maximum absolute atomic E-state index is 12.2. The van der Waals surface area contributed by atoms with Crippen LogP contribution in [-0.4, -0.2) is 38.3 Å². The lowest BCUT2D eigenvalue weighted by molar-refractivity contribution is -0.117. The van der Waals surface area contributed by atoms with Gasteiger partial charge in [0.1, 0.15) is 0 Å². The molecular formula is C16H25N3O2. The van der Waals surface area contributed by atoms with E-state index in [4.69, 9.17) is 10.5 Å². The topological polar surface area (TPSA) is 67.6 Å². The van der Waals surface area contributed by atoms with E-state index in [1.54, 1.807) is 0 Å². The van der Waals surface area contributed by atoms with E-state index in [0.717, 1.165) is 56.9 Å². The second kappa shape index (κ2) is 8.00. The van der Waals surface area contributed by atoms with Crippen molar-refractivity contribution in [2.45, 2.75) is 32.2 Å². The monoisotopic (exact) mass is 291 g/mol. The standard InChI is InChI=1S/C16H25N3O2/c1-2-3-6-13(17)16(20)18-14-7-4-5-8-15(14)19-9-11-21-12-10-19/h4-5,7-8,13H,2-3,6,9-12,17H2,1H3,(H,18,20). The van der Waals surface area contributed by atoms with Gasteiger partial charge in [0.25, 0.3) is 0 Å². The van der Waals surface area contributed by atoms with Crippen molar-refractivity contribution in [3.63, 3.8) is 0 Å². The SMILES string of the molecule is CCCCC(N)C(=O)Nc1ccccc1N1CCOCC1. The zero-order chi connectivity index (χ0) is 15.1. The van der Waals surface area contributed by atoms with E-state index < -0.39 is 6.04 Å². The summed E-state index contributed by atoms with van der Waals surface area (Å²) in [6, 6.07) is 7.42. The summed E-state index contributed by atoms with van der Waals surface area (Å²) in [5.41, 5.74) is 7.80. The summed E-state index contributed by atoms with van der Waals surface area (Å²) in [7, 11) is 0. The number of para-hydroxylation sites is 2. The molecular weight excluding hydrogens is 266 g/mol. The zero-order valence-electron chi connectivity index (χ0n) is 12.7. The number of nitrogens with two attached hydrogens (primary N) is 1. The minimum Gasteiger partial charge on any atom is -0.378 e. The summed E-state index contributed by atoms with van der Waals surface area (Å²) in [5, 5.41) is 2.97. The highest BCUT2D eigenvalue weighted by Crippen LogP contribution is 2.26. The molecule has 0 aromatic heterocycles. The molecule has 5 heteroatoms. The fraction of sp³-hybridized carbons (Fsp3) is 0.562. The van der Waals surface area contributed by atoms with E-state index in [0.29, 0.717) is 0 Å². The van der Waals surface area contributed by atoms with Gasteiger partial charge in [0, 0.05) is 13.1 Å². The summed E-state index contributed by atoms with van der Waals surface area (Å²) in [5.74, 6) is -0.107. The quantitative estimate of drug-likeness (QED) is 0.841. The molecule has 1 aliphatic heterocycles. The lowest BCUT2D eigenvalue weighted by atomic mass is 10.1. The minimum atomic E-state index is -0.442. The van der Waals surface area contributed by atoms with Crippen LogP contribution in [0.15, 0.2) is 24.3 Å². The van der Waals surface area contributed by atoms with E-state index >= 15 is 0 Å². The number of nitrogens with one attached hydrogen (secondary N) is 1. The van der Waals surface area contributed by atoms with Crippen LogP contribution in [0.5, 0.6) is 0 Å². The van der Waals surface area contributed by atoms with Gasteiger partial charge in [-0.1, -0.05) is 31.9 Å². The number of hydrogen-bond donors (Lipinski definition) is 2. The fourth-order valence-corrected chi connectivity index (χ4v) is 2.44. The molecule has 0 aliphatic carbocycles. The Balaban J connectivity index is 2.03. The predicted molar refractivity (Wildman–Crippen MR) is 85.6 cm³/mol. The average Bonchev–Trinajstić information content (AvgIpc) is 2.54. The van der Waals surface area contributed by atoms with Crippen LogP contribution in [0.3, 0.4) is 0 Å². The highest BCUT2D eigenvalue weighted by Gasteiger charge is 2.18. The Morgan fingerprint density at radius 1 is 1.38 bits per heavy atom. The summed E-state index contributed by atoms with van der Waals surface area (Å²) >= 11 is 0. The van der Waals surface area contributed by atoms with Crippen molar-refractivity contribution >= 4 is 17.3 Å². The molecule has 1 unspecified atom stereocenters. The molecule has 1 fully saturated rings. The number of benzene rings is 1. The zero-order valence-corrected chi connectivity index (χ0v) is 12.7. The first-order valence-corrected chi connectivity index (χ1v) is 7.70. The number of amides is 1. The summed E-state index contributed by atoms with van der Waals surface area (Å²) < 4.78 is 5.38. The van der Waals surface area contributed by atoms with Crippen LogP contribution in [0.1, 0.15) is 26.2 Å².